The van der Waals surface area contributed by atoms with Crippen molar-refractivity contribution < 1.29 is 9.53 Å². The highest BCUT2D eigenvalue weighted by Crippen LogP contribution is 2.16. The molecule has 1 heterocycles. The lowest BCUT2D eigenvalue weighted by atomic mass is 9.96. The summed E-state index contributed by atoms with van der Waals surface area (Å²) in [5, 5.41) is 3.82. The molecule has 0 unspecified atom stereocenters. The predicted molar refractivity (Wildman–Crippen MR) is 72.5 cm³/mol. The lowest BCUT2D eigenvalue weighted by Gasteiger charge is -2.20. The second-order valence-corrected chi connectivity index (χ2v) is 5.26. The number of ether oxygens (including phenoxy) is 1. The highest BCUT2D eigenvalue weighted by Gasteiger charge is 2.09. The van der Waals surface area contributed by atoms with Crippen LogP contribution in [-0.4, -0.2) is 36.6 Å². The van der Waals surface area contributed by atoms with E-state index in [4.69, 9.17) is 0 Å². The zero-order chi connectivity index (χ0) is 12.5. The molecule has 1 N–H and O–H groups in total. The van der Waals surface area contributed by atoms with Gasteiger partial charge in [0.15, 0.2) is 0 Å². The summed E-state index contributed by atoms with van der Waals surface area (Å²) in [5.74, 6) is 0.644. The molecule has 1 fully saturated rings. The second kappa shape index (κ2) is 8.53. The Morgan fingerprint density at radius 1 is 1.41 bits per heavy atom. The third-order valence-corrected chi connectivity index (χ3v) is 3.65. The minimum atomic E-state index is -0.289. The number of thioether (sulfide) groups is 1. The number of esters is 1. The SMILES string of the molecule is CC(=O)OC1=NCCS1.CNC1CCCCC1. The molecule has 5 heteroatoms. The van der Waals surface area contributed by atoms with Crippen molar-refractivity contribution in [1.29, 1.82) is 0 Å². The molecule has 0 aromatic carbocycles. The Bertz CT molecular complexity index is 263. The van der Waals surface area contributed by atoms with E-state index in [1.54, 1.807) is 0 Å². The van der Waals surface area contributed by atoms with Gasteiger partial charge in [0.1, 0.15) is 0 Å². The molecular weight excluding hydrogens is 236 g/mol. The number of hydrogen-bond donors (Lipinski definition) is 1. The van der Waals surface area contributed by atoms with Gasteiger partial charge in [-0.2, -0.15) is 0 Å². The first-order valence-electron chi connectivity index (χ1n) is 6.25. The normalized spacial score (nSPS) is 20.2. The van der Waals surface area contributed by atoms with E-state index >= 15 is 0 Å². The first-order chi connectivity index (χ1) is 8.22. The van der Waals surface area contributed by atoms with E-state index in [1.165, 1.54) is 50.8 Å². The van der Waals surface area contributed by atoms with Crippen LogP contribution < -0.4 is 5.32 Å². The van der Waals surface area contributed by atoms with Crippen LogP contribution in [-0.2, 0) is 9.53 Å². The number of carbonyl (C=O) groups excluding carboxylic acids is 1. The highest BCUT2D eigenvalue weighted by atomic mass is 32.2. The Balaban J connectivity index is 0.000000171. The first-order valence-corrected chi connectivity index (χ1v) is 7.24. The summed E-state index contributed by atoms with van der Waals surface area (Å²) in [6.45, 7) is 2.15. The van der Waals surface area contributed by atoms with E-state index in [9.17, 15) is 4.79 Å². The molecule has 2 aliphatic rings. The topological polar surface area (TPSA) is 50.7 Å². The van der Waals surface area contributed by atoms with Gasteiger partial charge in [-0.25, -0.2) is 4.99 Å². The van der Waals surface area contributed by atoms with Crippen LogP contribution in [0.5, 0.6) is 0 Å². The third-order valence-electron chi connectivity index (χ3n) is 2.80. The summed E-state index contributed by atoms with van der Waals surface area (Å²) in [6, 6.07) is 0.837. The van der Waals surface area contributed by atoms with Crippen LogP contribution in [0.2, 0.25) is 0 Å². The van der Waals surface area contributed by atoms with Crippen molar-refractivity contribution in [3.63, 3.8) is 0 Å². The Hall–Kier alpha value is -0.550. The van der Waals surface area contributed by atoms with Gasteiger partial charge in [0.2, 0.25) is 0 Å². The van der Waals surface area contributed by atoms with Crippen LogP contribution in [0.4, 0.5) is 0 Å². The summed E-state index contributed by atoms with van der Waals surface area (Å²) >= 11 is 1.48. The fourth-order valence-electron chi connectivity index (χ4n) is 1.89. The zero-order valence-electron chi connectivity index (χ0n) is 10.7. The van der Waals surface area contributed by atoms with Gasteiger partial charge in [0, 0.05) is 18.7 Å². The number of nitrogens with zero attached hydrogens (tertiary/aromatic N) is 1. The fourth-order valence-corrected chi connectivity index (χ4v) is 2.61. The molecule has 98 valence electrons. The van der Waals surface area contributed by atoms with Crippen molar-refractivity contribution in [3.05, 3.63) is 0 Å². The lowest BCUT2D eigenvalue weighted by molar-refractivity contribution is -0.132. The van der Waals surface area contributed by atoms with Crippen LogP contribution in [0.25, 0.3) is 0 Å². The molecule has 0 aromatic rings. The summed E-state index contributed by atoms with van der Waals surface area (Å²) in [6.07, 6.45) is 7.13. The Morgan fingerprint density at radius 3 is 2.53 bits per heavy atom. The van der Waals surface area contributed by atoms with Crippen LogP contribution in [0.3, 0.4) is 0 Å². The molecule has 0 aromatic heterocycles. The molecule has 2 rings (SSSR count). The molecule has 0 radical (unpaired) electrons. The maximum Gasteiger partial charge on any atom is 0.309 e. The maximum atomic E-state index is 10.3. The molecule has 0 spiro atoms. The molecule has 1 aliphatic carbocycles. The molecule has 0 bridgehead atoms. The zero-order valence-corrected chi connectivity index (χ0v) is 11.5. The van der Waals surface area contributed by atoms with Crippen molar-refractivity contribution in [1.82, 2.24) is 5.32 Å². The number of nitrogens with one attached hydrogen (secondary N) is 1. The standard InChI is InChI=1S/C7H15N.C5H7NO2S/c1-8-7-5-3-2-4-6-7;1-4(7)8-5-6-2-3-9-5/h7-8H,2-6H2,1H3;2-3H2,1H3. The Morgan fingerprint density at radius 2 is 2.12 bits per heavy atom. The highest BCUT2D eigenvalue weighted by molar-refractivity contribution is 8.13. The lowest BCUT2D eigenvalue weighted by Crippen LogP contribution is -2.26. The number of carbonyl (C=O) groups is 1. The minimum absolute atomic E-state index is 0.289. The van der Waals surface area contributed by atoms with Crippen LogP contribution in [0, 0.1) is 0 Å². The maximum absolute atomic E-state index is 10.3. The molecule has 0 saturated heterocycles. The number of hydrogen-bond acceptors (Lipinski definition) is 5. The van der Waals surface area contributed by atoms with E-state index in [-0.39, 0.29) is 5.97 Å². The molecule has 0 amide bonds. The third kappa shape index (κ3) is 6.68. The molecule has 1 aliphatic heterocycles. The monoisotopic (exact) mass is 258 g/mol. The van der Waals surface area contributed by atoms with Gasteiger partial charge in [-0.15, -0.1) is 0 Å². The van der Waals surface area contributed by atoms with Crippen molar-refractivity contribution in [3.8, 4) is 0 Å². The second-order valence-electron chi connectivity index (χ2n) is 4.21. The van der Waals surface area contributed by atoms with Crippen LogP contribution in [0.15, 0.2) is 4.99 Å². The van der Waals surface area contributed by atoms with Crippen molar-refractivity contribution in [2.24, 2.45) is 4.99 Å². The Labute approximate surface area is 108 Å². The number of rotatable bonds is 1. The van der Waals surface area contributed by atoms with Gasteiger partial charge in [-0.3, -0.25) is 4.79 Å². The smallest absolute Gasteiger partial charge is 0.309 e. The van der Waals surface area contributed by atoms with Gasteiger partial charge in [-0.05, 0) is 19.9 Å². The van der Waals surface area contributed by atoms with E-state index in [0.717, 1.165) is 18.3 Å². The summed E-state index contributed by atoms with van der Waals surface area (Å²) < 4.78 is 4.69. The van der Waals surface area contributed by atoms with Crippen LogP contribution >= 0.6 is 11.8 Å². The molecular formula is C12H22N2O2S. The minimum Gasteiger partial charge on any atom is -0.402 e. The van der Waals surface area contributed by atoms with E-state index in [0.29, 0.717) is 5.23 Å². The Kier molecular flexibility index (Phi) is 7.28. The summed E-state index contributed by atoms with van der Waals surface area (Å²) in [7, 11) is 2.07. The van der Waals surface area contributed by atoms with E-state index in [1.807, 2.05) is 0 Å². The van der Waals surface area contributed by atoms with Gasteiger partial charge in [0.05, 0.1) is 6.54 Å². The van der Waals surface area contributed by atoms with Crippen molar-refractivity contribution in [2.45, 2.75) is 45.1 Å². The molecule has 0 atom stereocenters. The van der Waals surface area contributed by atoms with Crippen molar-refractivity contribution >= 4 is 23.0 Å². The predicted octanol–water partition coefficient (Wildman–Crippen LogP) is 2.19. The van der Waals surface area contributed by atoms with E-state index in [2.05, 4.69) is 22.1 Å². The van der Waals surface area contributed by atoms with Gasteiger partial charge < -0.3 is 10.1 Å². The number of aliphatic imine (C=N–C) groups is 1. The molecule has 1 saturated carbocycles. The van der Waals surface area contributed by atoms with Crippen molar-refractivity contribution in [2.75, 3.05) is 19.3 Å². The van der Waals surface area contributed by atoms with Gasteiger partial charge >= 0.3 is 5.97 Å². The average Bonchev–Trinajstić information content (AvgIpc) is 2.83. The quantitative estimate of drug-likeness (QED) is 0.733. The summed E-state index contributed by atoms with van der Waals surface area (Å²) in [4.78, 5) is 14.2. The van der Waals surface area contributed by atoms with E-state index < -0.39 is 0 Å². The van der Waals surface area contributed by atoms with Gasteiger partial charge in [-0.1, -0.05) is 31.0 Å². The fraction of sp³-hybridized carbons (Fsp3) is 0.833. The average molecular weight is 258 g/mol. The molecule has 4 nitrogen and oxygen atoms in total. The summed E-state index contributed by atoms with van der Waals surface area (Å²) in [5.41, 5.74) is 0. The largest absolute Gasteiger partial charge is 0.402 e. The first kappa shape index (κ1) is 14.5. The molecule has 17 heavy (non-hydrogen) atoms. The van der Waals surface area contributed by atoms with Crippen LogP contribution in [0.1, 0.15) is 39.0 Å². The van der Waals surface area contributed by atoms with Gasteiger partial charge in [0.25, 0.3) is 5.23 Å².